The molecule has 1 aliphatic carbocycles. The number of aliphatic carboxylic acids is 1. The lowest BCUT2D eigenvalue weighted by Gasteiger charge is -2.28. The summed E-state index contributed by atoms with van der Waals surface area (Å²) in [5, 5.41) is 9.11. The molecule has 0 radical (unpaired) electrons. The molecule has 1 fully saturated rings. The second-order valence-corrected chi connectivity index (χ2v) is 5.00. The first-order valence-corrected chi connectivity index (χ1v) is 6.15. The van der Waals surface area contributed by atoms with E-state index in [0.29, 0.717) is 18.4 Å². The Morgan fingerprint density at radius 1 is 1.37 bits per heavy atom. The lowest BCUT2D eigenvalue weighted by molar-refractivity contribution is -0.153. The molecule has 1 saturated carbocycles. The van der Waals surface area contributed by atoms with Gasteiger partial charge < -0.3 is 10.0 Å². The van der Waals surface area contributed by atoms with Gasteiger partial charge in [-0.1, -0.05) is 18.2 Å². The fourth-order valence-corrected chi connectivity index (χ4v) is 2.18. The van der Waals surface area contributed by atoms with E-state index < -0.39 is 29.2 Å². The van der Waals surface area contributed by atoms with E-state index in [4.69, 9.17) is 5.11 Å². The molecule has 0 saturated heterocycles. The van der Waals surface area contributed by atoms with Crippen LogP contribution in [0.3, 0.4) is 0 Å². The topological polar surface area (TPSA) is 57.6 Å². The molecule has 1 atom stereocenters. The zero-order valence-corrected chi connectivity index (χ0v) is 10.9. The standard InChI is InChI=1S/C14H16FNO3/c1-9(10-5-3-4-6-11(10)15)16(2)12(17)14(7-8-14)13(18)19/h3-6,9H,7-8H2,1-2H3,(H,18,19). The largest absolute Gasteiger partial charge is 0.480 e. The number of carbonyl (C=O) groups excluding carboxylic acids is 1. The predicted molar refractivity (Wildman–Crippen MR) is 66.9 cm³/mol. The van der Waals surface area contributed by atoms with Crippen LogP contribution in [0.5, 0.6) is 0 Å². The first kappa shape index (κ1) is 13.5. The summed E-state index contributed by atoms with van der Waals surface area (Å²) in [6.45, 7) is 1.69. The highest BCUT2D eigenvalue weighted by atomic mass is 19.1. The smallest absolute Gasteiger partial charge is 0.319 e. The number of amides is 1. The lowest BCUT2D eigenvalue weighted by Crippen LogP contribution is -2.40. The molecule has 2 rings (SSSR count). The van der Waals surface area contributed by atoms with Crippen molar-refractivity contribution >= 4 is 11.9 Å². The van der Waals surface area contributed by atoms with Crippen molar-refractivity contribution in [2.75, 3.05) is 7.05 Å². The summed E-state index contributed by atoms with van der Waals surface area (Å²) in [5.41, 5.74) is -0.895. The number of carboxylic acids is 1. The van der Waals surface area contributed by atoms with Crippen molar-refractivity contribution in [2.45, 2.75) is 25.8 Å². The van der Waals surface area contributed by atoms with Gasteiger partial charge in [0.05, 0.1) is 6.04 Å². The molecule has 0 bridgehead atoms. The summed E-state index contributed by atoms with van der Waals surface area (Å²) in [5.74, 6) is -1.93. The number of carboxylic acid groups (broad SMARTS) is 1. The number of hydrogen-bond acceptors (Lipinski definition) is 2. The molecular weight excluding hydrogens is 249 g/mol. The van der Waals surface area contributed by atoms with Gasteiger partial charge in [-0.15, -0.1) is 0 Å². The van der Waals surface area contributed by atoms with Crippen LogP contribution < -0.4 is 0 Å². The summed E-state index contributed by atoms with van der Waals surface area (Å²) in [6.07, 6.45) is 0.713. The Labute approximate surface area is 110 Å². The second-order valence-electron chi connectivity index (χ2n) is 5.00. The van der Waals surface area contributed by atoms with Crippen LogP contribution >= 0.6 is 0 Å². The monoisotopic (exact) mass is 265 g/mol. The van der Waals surface area contributed by atoms with Gasteiger partial charge in [0.2, 0.25) is 5.91 Å². The Morgan fingerprint density at radius 2 is 1.95 bits per heavy atom. The normalized spacial score (nSPS) is 17.6. The predicted octanol–water partition coefficient (Wildman–Crippen LogP) is 2.21. The highest BCUT2D eigenvalue weighted by molar-refractivity contribution is 6.04. The van der Waals surface area contributed by atoms with Gasteiger partial charge in [-0.3, -0.25) is 9.59 Å². The van der Waals surface area contributed by atoms with Crippen LogP contribution in [-0.4, -0.2) is 28.9 Å². The van der Waals surface area contributed by atoms with Crippen molar-refractivity contribution < 1.29 is 19.1 Å². The summed E-state index contributed by atoms with van der Waals surface area (Å²) in [4.78, 5) is 24.7. The summed E-state index contributed by atoms with van der Waals surface area (Å²) < 4.78 is 13.7. The Balaban J connectivity index is 2.21. The van der Waals surface area contributed by atoms with E-state index >= 15 is 0 Å². The number of nitrogens with zero attached hydrogens (tertiary/aromatic N) is 1. The van der Waals surface area contributed by atoms with Crippen LogP contribution in [0.1, 0.15) is 31.4 Å². The maximum atomic E-state index is 13.7. The Morgan fingerprint density at radius 3 is 2.42 bits per heavy atom. The van der Waals surface area contributed by atoms with E-state index in [1.54, 1.807) is 25.1 Å². The van der Waals surface area contributed by atoms with Gasteiger partial charge in [-0.25, -0.2) is 4.39 Å². The third kappa shape index (κ3) is 2.20. The van der Waals surface area contributed by atoms with Gasteiger partial charge in [0, 0.05) is 12.6 Å². The molecule has 0 spiro atoms. The fraction of sp³-hybridized carbons (Fsp3) is 0.429. The van der Waals surface area contributed by atoms with Crippen LogP contribution in [0, 0.1) is 11.2 Å². The van der Waals surface area contributed by atoms with Gasteiger partial charge >= 0.3 is 5.97 Å². The molecular formula is C14H16FNO3. The minimum Gasteiger partial charge on any atom is -0.480 e. The molecule has 102 valence electrons. The van der Waals surface area contributed by atoms with Crippen molar-refractivity contribution in [3.05, 3.63) is 35.6 Å². The number of carbonyl (C=O) groups is 2. The molecule has 1 aromatic rings. The third-order valence-electron chi connectivity index (χ3n) is 3.83. The van der Waals surface area contributed by atoms with Crippen LogP contribution in [0.15, 0.2) is 24.3 Å². The Kier molecular flexibility index (Phi) is 3.30. The third-order valence-corrected chi connectivity index (χ3v) is 3.83. The maximum Gasteiger partial charge on any atom is 0.319 e. The van der Waals surface area contributed by atoms with Gasteiger partial charge in [-0.05, 0) is 25.8 Å². The number of halogens is 1. The molecule has 19 heavy (non-hydrogen) atoms. The Bertz CT molecular complexity index is 525. The zero-order valence-electron chi connectivity index (χ0n) is 10.9. The fourth-order valence-electron chi connectivity index (χ4n) is 2.18. The first-order valence-electron chi connectivity index (χ1n) is 6.15. The quantitative estimate of drug-likeness (QED) is 0.849. The number of hydrogen-bond donors (Lipinski definition) is 1. The lowest BCUT2D eigenvalue weighted by atomic mass is 10.0. The Hall–Kier alpha value is -1.91. The van der Waals surface area contributed by atoms with Crippen molar-refractivity contribution in [2.24, 2.45) is 5.41 Å². The van der Waals surface area contributed by atoms with Gasteiger partial charge in [0.25, 0.3) is 0 Å². The molecule has 1 amide bonds. The highest BCUT2D eigenvalue weighted by Crippen LogP contribution is 2.48. The van der Waals surface area contributed by atoms with Crippen molar-refractivity contribution in [3.63, 3.8) is 0 Å². The molecule has 1 aromatic carbocycles. The van der Waals surface area contributed by atoms with E-state index in [1.807, 2.05) is 0 Å². The maximum absolute atomic E-state index is 13.7. The molecule has 1 aliphatic rings. The summed E-state index contributed by atoms with van der Waals surface area (Å²) in [6, 6.07) is 5.70. The van der Waals surface area contributed by atoms with Gasteiger partial charge in [0.1, 0.15) is 11.2 Å². The average Bonchev–Trinajstić information content (AvgIpc) is 3.18. The summed E-state index contributed by atoms with van der Waals surface area (Å²) in [7, 11) is 1.52. The van der Waals surface area contributed by atoms with E-state index in [2.05, 4.69) is 0 Å². The molecule has 4 nitrogen and oxygen atoms in total. The summed E-state index contributed by atoms with van der Waals surface area (Å²) >= 11 is 0. The minimum atomic E-state index is -1.28. The van der Waals surface area contributed by atoms with Crippen LogP contribution in [0.25, 0.3) is 0 Å². The van der Waals surface area contributed by atoms with Gasteiger partial charge in [0.15, 0.2) is 0 Å². The minimum absolute atomic E-state index is 0.357. The molecule has 5 heteroatoms. The van der Waals surface area contributed by atoms with Crippen LogP contribution in [-0.2, 0) is 9.59 Å². The molecule has 0 heterocycles. The van der Waals surface area contributed by atoms with Crippen LogP contribution in [0.2, 0.25) is 0 Å². The molecule has 0 aliphatic heterocycles. The number of benzene rings is 1. The van der Waals surface area contributed by atoms with E-state index in [-0.39, 0.29) is 0 Å². The first-order chi connectivity index (χ1) is 8.90. The van der Waals surface area contributed by atoms with Crippen molar-refractivity contribution in [1.82, 2.24) is 4.90 Å². The molecule has 0 aromatic heterocycles. The van der Waals surface area contributed by atoms with E-state index in [9.17, 15) is 14.0 Å². The average molecular weight is 265 g/mol. The SMILES string of the molecule is CC(c1ccccc1F)N(C)C(=O)C1(C(=O)O)CC1. The van der Waals surface area contributed by atoms with E-state index in [0.717, 1.165) is 0 Å². The zero-order chi connectivity index (χ0) is 14.2. The highest BCUT2D eigenvalue weighted by Gasteiger charge is 2.58. The molecule has 1 unspecified atom stereocenters. The second kappa shape index (κ2) is 4.64. The van der Waals surface area contributed by atoms with Crippen molar-refractivity contribution in [3.8, 4) is 0 Å². The molecule has 1 N–H and O–H groups in total. The number of rotatable bonds is 4. The van der Waals surface area contributed by atoms with E-state index in [1.165, 1.54) is 18.0 Å². The van der Waals surface area contributed by atoms with Crippen LogP contribution in [0.4, 0.5) is 4.39 Å². The van der Waals surface area contributed by atoms with Crippen molar-refractivity contribution in [1.29, 1.82) is 0 Å². The van der Waals surface area contributed by atoms with Gasteiger partial charge in [-0.2, -0.15) is 0 Å².